The van der Waals surface area contributed by atoms with Crippen molar-refractivity contribution < 1.29 is 24.8 Å². The molecule has 1 heterocycles. The molecule has 0 amide bonds. The Hall–Kier alpha value is -0.460. The van der Waals surface area contributed by atoms with Crippen LogP contribution in [0, 0.1) is 40.4 Å². The lowest BCUT2D eigenvalue weighted by atomic mass is 9.44. The number of hydrogen-bond donors (Lipinski definition) is 3. The summed E-state index contributed by atoms with van der Waals surface area (Å²) in [4.78, 5) is 0. The van der Waals surface area contributed by atoms with Gasteiger partial charge in [-0.2, -0.15) is 0 Å². The van der Waals surface area contributed by atoms with Crippen LogP contribution in [0.5, 0.6) is 0 Å². The van der Waals surface area contributed by atoms with Gasteiger partial charge < -0.3 is 24.8 Å². The molecule has 0 bridgehead atoms. The molecule has 0 aromatic heterocycles. The van der Waals surface area contributed by atoms with Crippen molar-refractivity contribution in [3.8, 4) is 0 Å². The van der Waals surface area contributed by atoms with Crippen LogP contribution in [0.25, 0.3) is 0 Å². The molecule has 0 spiro atoms. The summed E-state index contributed by atoms with van der Waals surface area (Å²) < 4.78 is 11.7. The first kappa shape index (κ1) is 22.3. The lowest BCUT2D eigenvalue weighted by Gasteiger charge is -2.61. The molecule has 1 aliphatic heterocycles. The van der Waals surface area contributed by atoms with Gasteiger partial charge in [0.15, 0.2) is 6.29 Å². The molecule has 4 aliphatic carbocycles. The van der Waals surface area contributed by atoms with E-state index >= 15 is 0 Å². The number of hydrogen-bond acceptors (Lipinski definition) is 5. The molecule has 5 heteroatoms. The second-order valence-electron chi connectivity index (χ2n) is 11.9. The number of rotatable bonds is 3. The van der Waals surface area contributed by atoms with Gasteiger partial charge in [-0.05, 0) is 98.2 Å². The van der Waals surface area contributed by atoms with Crippen molar-refractivity contribution in [2.24, 2.45) is 40.4 Å². The second kappa shape index (κ2) is 8.09. The van der Waals surface area contributed by atoms with Crippen molar-refractivity contribution in [2.75, 3.05) is 6.61 Å². The summed E-state index contributed by atoms with van der Waals surface area (Å²) in [5.74, 6) is 3.90. The molecule has 4 saturated carbocycles. The summed E-state index contributed by atoms with van der Waals surface area (Å²) in [5, 5.41) is 29.9. The van der Waals surface area contributed by atoms with Gasteiger partial charge in [-0.1, -0.05) is 19.9 Å². The molecule has 3 N–H and O–H groups in total. The summed E-state index contributed by atoms with van der Waals surface area (Å²) in [6.07, 6.45) is 9.22. The standard InChI is InChI=1S/C26H42O5/c1-4-15-6-8-19-18-7-5-16-13-17(31-24-23(29)22(28)21(27)14-30-24)9-11-26(16,3)20(18)10-12-25(15,19)2/h4,15-24,27-29H,1,5-14H2,2-3H3/t15-,16-,17-,18-,19-,20-,21+,22-,23+,24-,25+,26-/m0/s1. The predicted octanol–water partition coefficient (Wildman–Crippen LogP) is 3.66. The Morgan fingerprint density at radius 2 is 1.65 bits per heavy atom. The lowest BCUT2D eigenvalue weighted by molar-refractivity contribution is -0.289. The summed E-state index contributed by atoms with van der Waals surface area (Å²) in [7, 11) is 0. The molecule has 0 aromatic rings. The molecule has 5 rings (SSSR count). The van der Waals surface area contributed by atoms with Gasteiger partial charge in [0.1, 0.15) is 18.3 Å². The first-order chi connectivity index (χ1) is 14.8. The van der Waals surface area contributed by atoms with Crippen molar-refractivity contribution >= 4 is 0 Å². The topological polar surface area (TPSA) is 79.2 Å². The molecule has 5 aliphatic rings. The molecule has 5 nitrogen and oxygen atoms in total. The maximum Gasteiger partial charge on any atom is 0.186 e. The van der Waals surface area contributed by atoms with E-state index in [0.29, 0.717) is 22.7 Å². The average molecular weight is 435 g/mol. The van der Waals surface area contributed by atoms with Crippen LogP contribution >= 0.6 is 0 Å². The molecule has 0 aromatic carbocycles. The Kier molecular flexibility index (Phi) is 5.83. The van der Waals surface area contributed by atoms with Crippen LogP contribution < -0.4 is 0 Å². The first-order valence-electron chi connectivity index (χ1n) is 12.7. The first-order valence-corrected chi connectivity index (χ1v) is 12.7. The van der Waals surface area contributed by atoms with Gasteiger partial charge in [-0.3, -0.25) is 0 Å². The van der Waals surface area contributed by atoms with E-state index in [-0.39, 0.29) is 12.7 Å². The highest BCUT2D eigenvalue weighted by Gasteiger charge is 2.59. The van der Waals surface area contributed by atoms with Gasteiger partial charge in [0.05, 0.1) is 12.7 Å². The molecule has 31 heavy (non-hydrogen) atoms. The van der Waals surface area contributed by atoms with Crippen LogP contribution in [0.2, 0.25) is 0 Å². The average Bonchev–Trinajstić information content (AvgIpc) is 3.10. The zero-order valence-corrected chi connectivity index (χ0v) is 19.3. The van der Waals surface area contributed by atoms with Gasteiger partial charge in [-0.25, -0.2) is 0 Å². The van der Waals surface area contributed by atoms with Crippen LogP contribution in [-0.2, 0) is 9.47 Å². The van der Waals surface area contributed by atoms with E-state index < -0.39 is 24.6 Å². The number of ether oxygens (including phenoxy) is 2. The summed E-state index contributed by atoms with van der Waals surface area (Å²) in [5.41, 5.74) is 0.852. The van der Waals surface area contributed by atoms with E-state index in [4.69, 9.17) is 9.47 Å². The Balaban J connectivity index is 1.26. The van der Waals surface area contributed by atoms with Crippen LogP contribution in [0.3, 0.4) is 0 Å². The number of fused-ring (bicyclic) bond motifs is 5. The van der Waals surface area contributed by atoms with Gasteiger partial charge in [-0.15, -0.1) is 6.58 Å². The fourth-order valence-electron chi connectivity index (χ4n) is 8.86. The maximum atomic E-state index is 10.3. The quantitative estimate of drug-likeness (QED) is 0.467. The smallest absolute Gasteiger partial charge is 0.186 e. The zero-order chi connectivity index (χ0) is 22.0. The highest BCUT2D eigenvalue weighted by Crippen LogP contribution is 2.67. The third-order valence-electron chi connectivity index (χ3n) is 10.8. The van der Waals surface area contributed by atoms with E-state index in [1.165, 1.54) is 44.9 Å². The minimum Gasteiger partial charge on any atom is -0.388 e. The predicted molar refractivity (Wildman–Crippen MR) is 118 cm³/mol. The van der Waals surface area contributed by atoms with Crippen LogP contribution in [0.1, 0.15) is 71.6 Å². The second-order valence-corrected chi connectivity index (χ2v) is 11.9. The molecule has 0 unspecified atom stereocenters. The van der Waals surface area contributed by atoms with E-state index in [1.54, 1.807) is 0 Å². The van der Waals surface area contributed by atoms with Crippen molar-refractivity contribution in [1.29, 1.82) is 0 Å². The molecule has 1 saturated heterocycles. The van der Waals surface area contributed by atoms with E-state index in [1.807, 2.05) is 0 Å². The van der Waals surface area contributed by atoms with Crippen molar-refractivity contribution in [1.82, 2.24) is 0 Å². The number of aliphatic hydroxyl groups is 3. The van der Waals surface area contributed by atoms with E-state index in [0.717, 1.165) is 30.6 Å². The Morgan fingerprint density at radius 1 is 0.903 bits per heavy atom. The maximum absolute atomic E-state index is 10.3. The summed E-state index contributed by atoms with van der Waals surface area (Å²) in [6, 6.07) is 0. The van der Waals surface area contributed by atoms with Gasteiger partial charge in [0.25, 0.3) is 0 Å². The monoisotopic (exact) mass is 434 g/mol. The molecular formula is C26H42O5. The van der Waals surface area contributed by atoms with Gasteiger partial charge in [0.2, 0.25) is 0 Å². The van der Waals surface area contributed by atoms with Crippen LogP contribution in [0.15, 0.2) is 12.7 Å². The number of allylic oxidation sites excluding steroid dienone is 1. The highest BCUT2D eigenvalue weighted by molar-refractivity contribution is 5.11. The Bertz CT molecular complexity index is 683. The lowest BCUT2D eigenvalue weighted by Crippen LogP contribution is -2.56. The number of aliphatic hydroxyl groups excluding tert-OH is 3. The van der Waals surface area contributed by atoms with Crippen LogP contribution in [0.4, 0.5) is 0 Å². The largest absolute Gasteiger partial charge is 0.388 e. The molecule has 12 atom stereocenters. The fourth-order valence-corrected chi connectivity index (χ4v) is 8.86. The normalized spacial score (nSPS) is 56.9. The highest BCUT2D eigenvalue weighted by atomic mass is 16.7. The van der Waals surface area contributed by atoms with E-state index in [9.17, 15) is 15.3 Å². The van der Waals surface area contributed by atoms with Crippen LogP contribution in [-0.4, -0.2) is 52.6 Å². The van der Waals surface area contributed by atoms with Crippen molar-refractivity contribution in [3.05, 3.63) is 12.7 Å². The fraction of sp³-hybridized carbons (Fsp3) is 0.923. The molecule has 176 valence electrons. The summed E-state index contributed by atoms with van der Waals surface area (Å²) >= 11 is 0. The molecule has 0 radical (unpaired) electrons. The minimum atomic E-state index is -1.20. The van der Waals surface area contributed by atoms with E-state index in [2.05, 4.69) is 26.5 Å². The van der Waals surface area contributed by atoms with Crippen molar-refractivity contribution in [2.45, 2.75) is 102 Å². The Morgan fingerprint density at radius 3 is 2.42 bits per heavy atom. The molecule has 5 fully saturated rings. The third kappa shape index (κ3) is 3.45. The van der Waals surface area contributed by atoms with Gasteiger partial charge in [0, 0.05) is 0 Å². The van der Waals surface area contributed by atoms with Gasteiger partial charge >= 0.3 is 0 Å². The van der Waals surface area contributed by atoms with Crippen molar-refractivity contribution in [3.63, 3.8) is 0 Å². The SMILES string of the molecule is C=C[C@H]1CC[C@H]2[C@@H]3CC[C@H]4C[C@@H](O[C@@H]5OC[C@@H](O)[C@H](O)[C@H]5O)CC[C@]4(C)[C@H]3CC[C@]12C. The molecular weight excluding hydrogens is 392 g/mol. The minimum absolute atomic E-state index is 0.00632. The zero-order valence-electron chi connectivity index (χ0n) is 19.3. The third-order valence-corrected chi connectivity index (χ3v) is 10.8. The Labute approximate surface area is 187 Å². The summed E-state index contributed by atoms with van der Waals surface area (Å²) in [6.45, 7) is 9.27.